The summed E-state index contributed by atoms with van der Waals surface area (Å²) in [4.78, 5) is 10.3. The fraction of sp³-hybridized carbons (Fsp3) is 0.100. The number of hydrogen-bond donors (Lipinski definition) is 1. The zero-order valence-corrected chi connectivity index (χ0v) is 11.2. The fourth-order valence-electron chi connectivity index (χ4n) is 1.02. The molecule has 0 aliphatic rings. The second-order valence-electron chi connectivity index (χ2n) is 2.81. The first kappa shape index (κ1) is 11.7. The lowest BCUT2D eigenvalue weighted by molar-refractivity contribution is -0.131. The van der Waals surface area contributed by atoms with Crippen LogP contribution in [0.4, 0.5) is 0 Å². The zero-order chi connectivity index (χ0) is 10.7. The molecule has 0 amide bonds. The summed E-state index contributed by atoms with van der Waals surface area (Å²) in [6, 6.07) is 3.85. The number of aliphatic carboxylic acids is 1. The Morgan fingerprint density at radius 3 is 2.71 bits per heavy atom. The maximum atomic E-state index is 10.3. The van der Waals surface area contributed by atoms with E-state index in [1.807, 2.05) is 19.1 Å². The highest BCUT2D eigenvalue weighted by Crippen LogP contribution is 2.24. The van der Waals surface area contributed by atoms with Crippen molar-refractivity contribution in [2.45, 2.75) is 6.92 Å². The molecule has 0 saturated heterocycles. The molecule has 0 atom stereocenters. The molecule has 0 unspecified atom stereocenters. The number of hydrogen-bond acceptors (Lipinski definition) is 1. The number of aryl methyl sites for hydroxylation is 1. The fourth-order valence-corrected chi connectivity index (χ4v) is 1.91. The summed E-state index contributed by atoms with van der Waals surface area (Å²) in [5.74, 6) is -0.933. The maximum absolute atomic E-state index is 10.3. The quantitative estimate of drug-likeness (QED) is 0.642. The van der Waals surface area contributed by atoms with E-state index in [9.17, 15) is 4.79 Å². The number of halogens is 2. The minimum absolute atomic E-state index is 0.886. The van der Waals surface area contributed by atoms with Crippen molar-refractivity contribution in [2.24, 2.45) is 0 Å². The van der Waals surface area contributed by atoms with Crippen molar-refractivity contribution in [3.8, 4) is 0 Å². The third kappa shape index (κ3) is 3.09. The van der Waals surface area contributed by atoms with Gasteiger partial charge in [0, 0.05) is 14.1 Å². The predicted octanol–water partition coefficient (Wildman–Crippen LogP) is 3.46. The Labute approximate surface area is 104 Å². The minimum atomic E-state index is -0.933. The Kier molecular flexibility index (Phi) is 4.12. The van der Waals surface area contributed by atoms with Crippen molar-refractivity contribution in [2.75, 3.05) is 0 Å². The summed E-state index contributed by atoms with van der Waals surface area (Å²) < 4.78 is 2.14. The SMILES string of the molecule is Cc1cc(/C=C/C(=O)O)cc(Br)c1I. The van der Waals surface area contributed by atoms with Crippen LogP contribution >= 0.6 is 38.5 Å². The third-order valence-corrected chi connectivity index (χ3v) is 4.45. The number of rotatable bonds is 2. The van der Waals surface area contributed by atoms with E-state index in [-0.39, 0.29) is 0 Å². The van der Waals surface area contributed by atoms with Gasteiger partial charge in [-0.3, -0.25) is 0 Å². The van der Waals surface area contributed by atoms with Gasteiger partial charge < -0.3 is 5.11 Å². The Bertz CT molecular complexity index is 376. The van der Waals surface area contributed by atoms with Gasteiger partial charge in [0.05, 0.1) is 0 Å². The molecule has 0 radical (unpaired) electrons. The molecule has 2 nitrogen and oxygen atoms in total. The second-order valence-corrected chi connectivity index (χ2v) is 4.74. The molecule has 1 aromatic rings. The van der Waals surface area contributed by atoms with E-state index in [0.717, 1.165) is 25.2 Å². The predicted molar refractivity (Wildman–Crippen MR) is 68.3 cm³/mol. The van der Waals surface area contributed by atoms with E-state index in [1.54, 1.807) is 6.08 Å². The molecule has 1 N–H and O–H groups in total. The van der Waals surface area contributed by atoms with Gasteiger partial charge in [-0.15, -0.1) is 0 Å². The van der Waals surface area contributed by atoms with Gasteiger partial charge >= 0.3 is 5.97 Å². The number of carboxylic acids is 1. The number of carbonyl (C=O) groups is 1. The van der Waals surface area contributed by atoms with Crippen LogP contribution in [-0.2, 0) is 4.79 Å². The van der Waals surface area contributed by atoms with E-state index < -0.39 is 5.97 Å². The summed E-state index contributed by atoms with van der Waals surface area (Å²) in [6.45, 7) is 1.99. The van der Waals surface area contributed by atoms with Crippen molar-refractivity contribution in [3.63, 3.8) is 0 Å². The molecule has 0 heterocycles. The Morgan fingerprint density at radius 2 is 2.21 bits per heavy atom. The smallest absolute Gasteiger partial charge is 0.328 e. The van der Waals surface area contributed by atoms with Crippen LogP contribution in [0.25, 0.3) is 6.08 Å². The molecular formula is C10H8BrIO2. The summed E-state index contributed by atoms with van der Waals surface area (Å²) in [7, 11) is 0. The molecule has 0 bridgehead atoms. The van der Waals surface area contributed by atoms with Crippen LogP contribution in [0.3, 0.4) is 0 Å². The van der Waals surface area contributed by atoms with Gasteiger partial charge in [-0.1, -0.05) is 6.07 Å². The standard InChI is InChI=1S/C10H8BrIO2/c1-6-4-7(2-3-9(13)14)5-8(11)10(6)12/h2-5H,1H3,(H,13,14)/b3-2+. The lowest BCUT2D eigenvalue weighted by atomic mass is 10.1. The molecule has 0 aliphatic carbocycles. The van der Waals surface area contributed by atoms with E-state index in [1.165, 1.54) is 0 Å². The first-order chi connectivity index (χ1) is 6.50. The van der Waals surface area contributed by atoms with Crippen LogP contribution in [0, 0.1) is 10.5 Å². The average Bonchev–Trinajstić information content (AvgIpc) is 2.10. The van der Waals surface area contributed by atoms with Crippen LogP contribution in [0.2, 0.25) is 0 Å². The number of carboxylic acid groups (broad SMARTS) is 1. The van der Waals surface area contributed by atoms with Gasteiger partial charge in [0.15, 0.2) is 0 Å². The van der Waals surface area contributed by atoms with E-state index in [2.05, 4.69) is 38.5 Å². The van der Waals surface area contributed by atoms with Crippen molar-refractivity contribution in [1.82, 2.24) is 0 Å². The van der Waals surface area contributed by atoms with E-state index >= 15 is 0 Å². The summed E-state index contributed by atoms with van der Waals surface area (Å²) >= 11 is 5.66. The minimum Gasteiger partial charge on any atom is -0.478 e. The topological polar surface area (TPSA) is 37.3 Å². The Balaban J connectivity index is 3.07. The van der Waals surface area contributed by atoms with E-state index in [4.69, 9.17) is 5.11 Å². The van der Waals surface area contributed by atoms with Crippen LogP contribution in [0.15, 0.2) is 22.7 Å². The maximum Gasteiger partial charge on any atom is 0.328 e. The first-order valence-electron chi connectivity index (χ1n) is 3.87. The highest BCUT2D eigenvalue weighted by Gasteiger charge is 2.01. The monoisotopic (exact) mass is 366 g/mol. The first-order valence-corrected chi connectivity index (χ1v) is 5.74. The lowest BCUT2D eigenvalue weighted by Crippen LogP contribution is -1.88. The summed E-state index contributed by atoms with van der Waals surface area (Å²) in [5, 5.41) is 8.47. The van der Waals surface area contributed by atoms with Gasteiger partial charge in [0.2, 0.25) is 0 Å². The molecule has 14 heavy (non-hydrogen) atoms. The molecule has 0 aliphatic heterocycles. The normalized spacial score (nSPS) is 10.8. The van der Waals surface area contributed by atoms with Gasteiger partial charge in [-0.2, -0.15) is 0 Å². The molecule has 0 aromatic heterocycles. The van der Waals surface area contributed by atoms with Crippen molar-refractivity contribution in [3.05, 3.63) is 37.4 Å². The molecular weight excluding hydrogens is 359 g/mol. The van der Waals surface area contributed by atoms with Crippen LogP contribution in [0.1, 0.15) is 11.1 Å². The van der Waals surface area contributed by atoms with Crippen LogP contribution in [0.5, 0.6) is 0 Å². The molecule has 1 aromatic carbocycles. The van der Waals surface area contributed by atoms with Crippen molar-refractivity contribution >= 4 is 50.6 Å². The van der Waals surface area contributed by atoms with Crippen LogP contribution < -0.4 is 0 Å². The highest BCUT2D eigenvalue weighted by atomic mass is 127. The summed E-state index contributed by atoms with van der Waals surface area (Å²) in [5.41, 5.74) is 2.02. The average molecular weight is 367 g/mol. The lowest BCUT2D eigenvalue weighted by Gasteiger charge is -2.02. The van der Waals surface area contributed by atoms with Crippen molar-refractivity contribution in [1.29, 1.82) is 0 Å². The Morgan fingerprint density at radius 1 is 1.57 bits per heavy atom. The molecule has 0 fully saturated rings. The highest BCUT2D eigenvalue weighted by molar-refractivity contribution is 14.1. The van der Waals surface area contributed by atoms with Crippen molar-refractivity contribution < 1.29 is 9.90 Å². The molecule has 4 heteroatoms. The van der Waals surface area contributed by atoms with Gasteiger partial charge in [0.1, 0.15) is 0 Å². The molecule has 74 valence electrons. The molecule has 1 rings (SSSR count). The molecule has 0 saturated carbocycles. The van der Waals surface area contributed by atoms with Gasteiger partial charge in [0.25, 0.3) is 0 Å². The van der Waals surface area contributed by atoms with Gasteiger partial charge in [-0.25, -0.2) is 4.79 Å². The van der Waals surface area contributed by atoms with Gasteiger partial charge in [-0.05, 0) is 68.7 Å². The Hall–Kier alpha value is -0.360. The second kappa shape index (κ2) is 4.93. The largest absolute Gasteiger partial charge is 0.478 e. The summed E-state index contributed by atoms with van der Waals surface area (Å²) in [6.07, 6.45) is 2.71. The molecule has 0 spiro atoms. The number of benzene rings is 1. The van der Waals surface area contributed by atoms with E-state index in [0.29, 0.717) is 0 Å². The van der Waals surface area contributed by atoms with Crippen LogP contribution in [-0.4, -0.2) is 11.1 Å². The zero-order valence-electron chi connectivity index (χ0n) is 7.42. The third-order valence-electron chi connectivity index (χ3n) is 1.65.